The van der Waals surface area contributed by atoms with E-state index in [1.165, 1.54) is 12.2 Å². The minimum absolute atomic E-state index is 0.229. The largest absolute Gasteiger partial charge is 0.381 e. The molecule has 0 heterocycles. The lowest BCUT2D eigenvalue weighted by Crippen LogP contribution is -2.33. The van der Waals surface area contributed by atoms with Gasteiger partial charge in [0.25, 0.3) is 0 Å². The maximum absolute atomic E-state index is 11.5. The lowest BCUT2D eigenvalue weighted by Gasteiger charge is -2.14. The van der Waals surface area contributed by atoms with Gasteiger partial charge in [0.05, 0.1) is 11.4 Å². The van der Waals surface area contributed by atoms with E-state index in [0.29, 0.717) is 26.2 Å². The molecule has 16 heavy (non-hydrogen) atoms. The summed E-state index contributed by atoms with van der Waals surface area (Å²) in [4.78, 5) is 23.1. The molecule has 0 spiro atoms. The SMILES string of the molecule is NCCNC1=CC(=O)C(NCCN)=CC1=O. The van der Waals surface area contributed by atoms with E-state index >= 15 is 0 Å². The molecule has 0 radical (unpaired) electrons. The van der Waals surface area contributed by atoms with Gasteiger partial charge in [-0.05, 0) is 0 Å². The van der Waals surface area contributed by atoms with Crippen LogP contribution in [0.2, 0.25) is 0 Å². The summed E-state index contributed by atoms with van der Waals surface area (Å²) in [5.74, 6) is -0.458. The summed E-state index contributed by atoms with van der Waals surface area (Å²) in [6, 6.07) is 0. The van der Waals surface area contributed by atoms with Gasteiger partial charge in [0.1, 0.15) is 0 Å². The zero-order valence-corrected chi connectivity index (χ0v) is 8.95. The summed E-state index contributed by atoms with van der Waals surface area (Å²) in [5.41, 5.74) is 11.2. The monoisotopic (exact) mass is 224 g/mol. The maximum atomic E-state index is 11.5. The summed E-state index contributed by atoms with van der Waals surface area (Å²) < 4.78 is 0. The van der Waals surface area contributed by atoms with Crippen molar-refractivity contribution >= 4 is 11.6 Å². The van der Waals surface area contributed by atoms with Crippen LogP contribution < -0.4 is 22.1 Å². The topological polar surface area (TPSA) is 110 Å². The summed E-state index contributed by atoms with van der Waals surface area (Å²) in [7, 11) is 0. The van der Waals surface area contributed by atoms with Gasteiger partial charge in [-0.15, -0.1) is 0 Å². The highest BCUT2D eigenvalue weighted by Gasteiger charge is 2.19. The van der Waals surface area contributed by atoms with E-state index in [2.05, 4.69) is 10.6 Å². The first kappa shape index (κ1) is 12.4. The Labute approximate surface area is 93.7 Å². The van der Waals surface area contributed by atoms with Crippen molar-refractivity contribution in [2.24, 2.45) is 11.5 Å². The molecule has 1 aliphatic rings. The second-order valence-corrected chi connectivity index (χ2v) is 3.28. The fraction of sp³-hybridized carbons (Fsp3) is 0.400. The van der Waals surface area contributed by atoms with E-state index in [0.717, 1.165) is 0 Å². The van der Waals surface area contributed by atoms with E-state index in [4.69, 9.17) is 11.5 Å². The van der Waals surface area contributed by atoms with E-state index in [-0.39, 0.29) is 23.0 Å². The van der Waals surface area contributed by atoms with Crippen molar-refractivity contribution in [3.63, 3.8) is 0 Å². The molecule has 88 valence electrons. The van der Waals surface area contributed by atoms with Gasteiger partial charge in [0, 0.05) is 38.3 Å². The van der Waals surface area contributed by atoms with Crippen molar-refractivity contribution in [1.29, 1.82) is 0 Å². The van der Waals surface area contributed by atoms with Crippen LogP contribution in [-0.4, -0.2) is 37.7 Å². The normalized spacial score (nSPS) is 15.6. The molecule has 0 bridgehead atoms. The Morgan fingerprint density at radius 1 is 0.875 bits per heavy atom. The predicted molar refractivity (Wildman–Crippen MR) is 60.3 cm³/mol. The molecule has 0 fully saturated rings. The maximum Gasteiger partial charge on any atom is 0.203 e. The van der Waals surface area contributed by atoms with Crippen molar-refractivity contribution < 1.29 is 9.59 Å². The van der Waals surface area contributed by atoms with Gasteiger partial charge in [0.2, 0.25) is 11.6 Å². The summed E-state index contributed by atoms with van der Waals surface area (Å²) in [6.45, 7) is 1.73. The van der Waals surface area contributed by atoms with E-state index in [1.54, 1.807) is 0 Å². The number of carbonyl (C=O) groups excluding carboxylic acids is 2. The van der Waals surface area contributed by atoms with Gasteiger partial charge in [-0.2, -0.15) is 0 Å². The van der Waals surface area contributed by atoms with Gasteiger partial charge in [-0.1, -0.05) is 0 Å². The Bertz CT molecular complexity index is 313. The van der Waals surface area contributed by atoms with Crippen molar-refractivity contribution in [2.45, 2.75) is 0 Å². The molecule has 1 aliphatic carbocycles. The molecule has 0 saturated carbocycles. The number of carbonyl (C=O) groups is 2. The summed E-state index contributed by atoms with van der Waals surface area (Å²) in [5, 5.41) is 5.59. The van der Waals surface area contributed by atoms with Crippen molar-refractivity contribution in [3.8, 4) is 0 Å². The second kappa shape index (κ2) is 6.04. The Morgan fingerprint density at radius 3 is 1.56 bits per heavy atom. The number of allylic oxidation sites excluding steroid dienone is 2. The molecule has 0 aromatic rings. The first-order chi connectivity index (χ1) is 7.69. The van der Waals surface area contributed by atoms with Gasteiger partial charge >= 0.3 is 0 Å². The number of ketones is 2. The number of hydrogen-bond donors (Lipinski definition) is 4. The molecule has 0 amide bonds. The zero-order valence-electron chi connectivity index (χ0n) is 8.95. The molecular weight excluding hydrogens is 208 g/mol. The minimum Gasteiger partial charge on any atom is -0.381 e. The molecule has 0 aliphatic heterocycles. The number of nitrogens with two attached hydrogens (primary N) is 2. The third kappa shape index (κ3) is 3.18. The third-order valence-corrected chi connectivity index (χ3v) is 2.00. The fourth-order valence-electron chi connectivity index (χ4n) is 1.25. The first-order valence-electron chi connectivity index (χ1n) is 5.09. The molecular formula is C10H16N4O2. The minimum atomic E-state index is -0.229. The average Bonchev–Trinajstić information content (AvgIpc) is 2.28. The van der Waals surface area contributed by atoms with Crippen molar-refractivity contribution in [1.82, 2.24) is 10.6 Å². The van der Waals surface area contributed by atoms with E-state index in [1.807, 2.05) is 0 Å². The molecule has 0 saturated heterocycles. The smallest absolute Gasteiger partial charge is 0.203 e. The van der Waals surface area contributed by atoms with Crippen LogP contribution in [0, 0.1) is 0 Å². The van der Waals surface area contributed by atoms with Gasteiger partial charge in [-0.25, -0.2) is 0 Å². The van der Waals surface area contributed by atoms with Crippen LogP contribution in [0.3, 0.4) is 0 Å². The lowest BCUT2D eigenvalue weighted by atomic mass is 10.1. The summed E-state index contributed by atoms with van der Waals surface area (Å²) in [6.07, 6.45) is 2.55. The zero-order chi connectivity index (χ0) is 12.0. The van der Waals surface area contributed by atoms with Crippen LogP contribution in [0.15, 0.2) is 23.5 Å². The highest BCUT2D eigenvalue weighted by molar-refractivity contribution is 6.19. The van der Waals surface area contributed by atoms with Gasteiger partial charge < -0.3 is 22.1 Å². The van der Waals surface area contributed by atoms with Gasteiger partial charge in [-0.3, -0.25) is 9.59 Å². The number of hydrogen-bond acceptors (Lipinski definition) is 6. The fourth-order valence-corrected chi connectivity index (χ4v) is 1.25. The Morgan fingerprint density at radius 2 is 1.25 bits per heavy atom. The number of nitrogens with one attached hydrogen (secondary N) is 2. The average molecular weight is 224 g/mol. The third-order valence-electron chi connectivity index (χ3n) is 2.00. The Balaban J connectivity index is 2.64. The quantitative estimate of drug-likeness (QED) is 0.388. The van der Waals surface area contributed by atoms with E-state index in [9.17, 15) is 9.59 Å². The highest BCUT2D eigenvalue weighted by atomic mass is 16.1. The molecule has 0 unspecified atom stereocenters. The van der Waals surface area contributed by atoms with Crippen LogP contribution in [-0.2, 0) is 9.59 Å². The van der Waals surface area contributed by atoms with Crippen LogP contribution in [0.5, 0.6) is 0 Å². The molecule has 0 atom stereocenters. The summed E-state index contributed by atoms with van der Waals surface area (Å²) >= 11 is 0. The predicted octanol–water partition coefficient (Wildman–Crippen LogP) is -2.00. The standard InChI is InChI=1S/C10H16N4O2/c11-1-3-13-7-5-10(16)8(6-9(7)15)14-4-2-12/h5-6,13-14H,1-4,11-12H2. The lowest BCUT2D eigenvalue weighted by molar-refractivity contribution is -0.115. The van der Waals surface area contributed by atoms with Crippen molar-refractivity contribution in [3.05, 3.63) is 23.5 Å². The van der Waals surface area contributed by atoms with Crippen molar-refractivity contribution in [2.75, 3.05) is 26.2 Å². The molecule has 6 nitrogen and oxygen atoms in total. The van der Waals surface area contributed by atoms with Gasteiger partial charge in [0.15, 0.2) is 0 Å². The molecule has 6 N–H and O–H groups in total. The Kier molecular flexibility index (Phi) is 4.68. The molecule has 1 rings (SSSR count). The number of rotatable bonds is 6. The highest BCUT2D eigenvalue weighted by Crippen LogP contribution is 2.07. The van der Waals surface area contributed by atoms with Crippen LogP contribution in [0.25, 0.3) is 0 Å². The van der Waals surface area contributed by atoms with E-state index < -0.39 is 0 Å². The molecule has 6 heteroatoms. The molecule has 0 aromatic carbocycles. The second-order valence-electron chi connectivity index (χ2n) is 3.28. The first-order valence-corrected chi connectivity index (χ1v) is 5.09. The molecule has 0 aromatic heterocycles. The van der Waals surface area contributed by atoms with Crippen LogP contribution in [0.4, 0.5) is 0 Å². The Hall–Kier alpha value is -1.66. The van der Waals surface area contributed by atoms with Crippen LogP contribution >= 0.6 is 0 Å². The van der Waals surface area contributed by atoms with Crippen LogP contribution in [0.1, 0.15) is 0 Å².